The van der Waals surface area contributed by atoms with Crippen molar-refractivity contribution in [3.63, 3.8) is 0 Å². The molecular weight excluding hydrogens is 312 g/mol. The van der Waals surface area contributed by atoms with Gasteiger partial charge in [0, 0.05) is 11.6 Å². The highest BCUT2D eigenvalue weighted by Gasteiger charge is 2.32. The van der Waals surface area contributed by atoms with Crippen molar-refractivity contribution >= 4 is 17.5 Å². The molecule has 1 aromatic heterocycles. The molecule has 0 unspecified atom stereocenters. The lowest BCUT2D eigenvalue weighted by Gasteiger charge is -2.15. The molecule has 0 atom stereocenters. The topological polar surface area (TPSA) is 95.5 Å². The van der Waals surface area contributed by atoms with Crippen molar-refractivity contribution in [3.8, 4) is 11.3 Å². The summed E-state index contributed by atoms with van der Waals surface area (Å²) in [4.78, 5) is 44.9. The molecule has 0 amide bonds. The van der Waals surface area contributed by atoms with E-state index >= 15 is 0 Å². The van der Waals surface area contributed by atoms with Crippen LogP contribution in [0.4, 0.5) is 0 Å². The third-order valence-electron chi connectivity index (χ3n) is 3.48. The molecule has 0 radical (unpaired) electrons. The van der Waals surface area contributed by atoms with Crippen LogP contribution in [0.5, 0.6) is 0 Å². The maximum absolute atomic E-state index is 12.3. The Balaban J connectivity index is 2.27. The first kappa shape index (κ1) is 15.5. The van der Waals surface area contributed by atoms with Crippen LogP contribution >= 0.6 is 0 Å². The predicted molar refractivity (Wildman–Crippen MR) is 82.6 cm³/mol. The lowest BCUT2D eigenvalue weighted by atomic mass is 10.0. The third kappa shape index (κ3) is 2.45. The molecule has 0 spiro atoms. The fourth-order valence-corrected chi connectivity index (χ4v) is 2.32. The summed E-state index contributed by atoms with van der Waals surface area (Å²) in [5.74, 6) is -2.02. The number of fused-ring (bicyclic) bond motifs is 1. The summed E-state index contributed by atoms with van der Waals surface area (Å²) < 4.78 is 9.60. The van der Waals surface area contributed by atoms with E-state index in [0.29, 0.717) is 5.56 Å². The van der Waals surface area contributed by atoms with Crippen LogP contribution in [-0.2, 0) is 9.47 Å². The SMILES string of the molecule is COC(=O)c1nc2c(nc1-c1ccccc1)C(=O)C=C(OC)C2=O. The number of carbonyl (C=O) groups excluding carboxylic acids is 3. The van der Waals surface area contributed by atoms with E-state index in [1.807, 2.05) is 0 Å². The highest BCUT2D eigenvalue weighted by molar-refractivity contribution is 6.22. The number of nitrogens with zero attached hydrogens (tertiary/aromatic N) is 2. The van der Waals surface area contributed by atoms with Crippen molar-refractivity contribution in [1.29, 1.82) is 0 Å². The number of methoxy groups -OCH3 is 2. The number of rotatable bonds is 3. The number of Topliss-reactive ketones (excluding diaryl/α,β-unsaturated/α-hetero) is 1. The quantitative estimate of drug-likeness (QED) is 0.795. The Hall–Kier alpha value is -3.35. The zero-order valence-corrected chi connectivity index (χ0v) is 12.9. The number of carbonyl (C=O) groups is 3. The Labute approximate surface area is 136 Å². The molecule has 1 heterocycles. The van der Waals surface area contributed by atoms with Gasteiger partial charge in [-0.05, 0) is 0 Å². The molecule has 1 aromatic carbocycles. The van der Waals surface area contributed by atoms with Gasteiger partial charge in [0.1, 0.15) is 17.1 Å². The molecule has 1 aliphatic rings. The molecule has 24 heavy (non-hydrogen) atoms. The summed E-state index contributed by atoms with van der Waals surface area (Å²) in [6.45, 7) is 0. The Bertz CT molecular complexity index is 887. The number of ether oxygens (including phenoxy) is 2. The molecule has 2 aromatic rings. The highest BCUT2D eigenvalue weighted by Crippen LogP contribution is 2.26. The van der Waals surface area contributed by atoms with Gasteiger partial charge in [0.2, 0.25) is 11.6 Å². The van der Waals surface area contributed by atoms with Gasteiger partial charge >= 0.3 is 5.97 Å². The number of allylic oxidation sites excluding steroid dienone is 2. The summed E-state index contributed by atoms with van der Waals surface area (Å²) in [6.07, 6.45) is 1.06. The van der Waals surface area contributed by atoms with E-state index in [9.17, 15) is 14.4 Å². The number of hydrogen-bond acceptors (Lipinski definition) is 7. The summed E-state index contributed by atoms with van der Waals surface area (Å²) in [5, 5.41) is 0. The molecule has 3 rings (SSSR count). The molecule has 0 bridgehead atoms. The minimum Gasteiger partial charge on any atom is -0.492 e. The summed E-state index contributed by atoms with van der Waals surface area (Å²) in [5.41, 5.74) is 0.277. The molecule has 7 nitrogen and oxygen atoms in total. The van der Waals surface area contributed by atoms with Crippen molar-refractivity contribution in [2.75, 3.05) is 14.2 Å². The fourth-order valence-electron chi connectivity index (χ4n) is 2.32. The maximum atomic E-state index is 12.3. The molecule has 120 valence electrons. The van der Waals surface area contributed by atoms with Gasteiger partial charge in [0.15, 0.2) is 11.5 Å². The highest BCUT2D eigenvalue weighted by atomic mass is 16.5. The smallest absolute Gasteiger partial charge is 0.358 e. The second-order valence-electron chi connectivity index (χ2n) is 4.88. The van der Waals surface area contributed by atoms with Gasteiger partial charge in [0.05, 0.1) is 14.2 Å². The standard InChI is InChI=1S/C17H12N2O5/c1-23-11-8-10(20)13-14(16(11)21)19-15(17(22)24-2)12(18-13)9-6-4-3-5-7-9/h3-8H,1-2H3. The van der Waals surface area contributed by atoms with E-state index in [-0.39, 0.29) is 28.5 Å². The normalized spacial score (nSPS) is 13.2. The van der Waals surface area contributed by atoms with Gasteiger partial charge in [-0.15, -0.1) is 0 Å². The van der Waals surface area contributed by atoms with Gasteiger partial charge in [0.25, 0.3) is 0 Å². The summed E-state index contributed by atoms with van der Waals surface area (Å²) in [7, 11) is 2.47. The van der Waals surface area contributed by atoms with Crippen molar-refractivity contribution in [2.45, 2.75) is 0 Å². The Kier molecular flexibility index (Phi) is 3.91. The van der Waals surface area contributed by atoms with Crippen LogP contribution in [0.1, 0.15) is 31.5 Å². The minimum atomic E-state index is -0.752. The van der Waals surface area contributed by atoms with Gasteiger partial charge in [-0.3, -0.25) is 9.59 Å². The van der Waals surface area contributed by atoms with Gasteiger partial charge in [-0.25, -0.2) is 14.8 Å². The van der Waals surface area contributed by atoms with E-state index < -0.39 is 17.5 Å². The number of benzene rings is 1. The zero-order chi connectivity index (χ0) is 17.3. The van der Waals surface area contributed by atoms with Crippen molar-refractivity contribution < 1.29 is 23.9 Å². The molecule has 0 fully saturated rings. The van der Waals surface area contributed by atoms with Crippen LogP contribution in [0.2, 0.25) is 0 Å². The largest absolute Gasteiger partial charge is 0.492 e. The second-order valence-corrected chi connectivity index (χ2v) is 4.88. The van der Waals surface area contributed by atoms with Crippen LogP contribution in [0.3, 0.4) is 0 Å². The average Bonchev–Trinajstić information content (AvgIpc) is 2.63. The van der Waals surface area contributed by atoms with Crippen LogP contribution in [-0.4, -0.2) is 41.7 Å². The Morgan fingerprint density at radius 1 is 0.958 bits per heavy atom. The number of aromatic nitrogens is 2. The van der Waals surface area contributed by atoms with Crippen molar-refractivity contribution in [1.82, 2.24) is 9.97 Å². The third-order valence-corrected chi connectivity index (χ3v) is 3.48. The van der Waals surface area contributed by atoms with E-state index in [1.165, 1.54) is 14.2 Å². The van der Waals surface area contributed by atoms with E-state index in [0.717, 1.165) is 6.08 Å². The average molecular weight is 324 g/mol. The molecule has 0 saturated heterocycles. The van der Waals surface area contributed by atoms with Gasteiger partial charge in [-0.1, -0.05) is 30.3 Å². The Morgan fingerprint density at radius 2 is 1.67 bits per heavy atom. The minimum absolute atomic E-state index is 0.118. The second kappa shape index (κ2) is 6.04. The number of esters is 1. The number of ketones is 2. The van der Waals surface area contributed by atoms with Crippen LogP contribution in [0.25, 0.3) is 11.3 Å². The van der Waals surface area contributed by atoms with Crippen LogP contribution < -0.4 is 0 Å². The fraction of sp³-hybridized carbons (Fsp3) is 0.118. The van der Waals surface area contributed by atoms with E-state index in [4.69, 9.17) is 9.47 Å². The molecule has 0 aliphatic heterocycles. The van der Waals surface area contributed by atoms with Crippen molar-refractivity contribution in [2.24, 2.45) is 0 Å². The monoisotopic (exact) mass is 324 g/mol. The van der Waals surface area contributed by atoms with Crippen molar-refractivity contribution in [3.05, 3.63) is 59.2 Å². The molecule has 7 heteroatoms. The van der Waals surface area contributed by atoms with Gasteiger partial charge in [-0.2, -0.15) is 0 Å². The maximum Gasteiger partial charge on any atom is 0.358 e. The first-order valence-electron chi connectivity index (χ1n) is 6.97. The lowest BCUT2D eigenvalue weighted by Crippen LogP contribution is -2.24. The predicted octanol–water partition coefficient (Wildman–Crippen LogP) is 1.84. The lowest BCUT2D eigenvalue weighted by molar-refractivity contribution is 0.0593. The zero-order valence-electron chi connectivity index (χ0n) is 12.9. The molecule has 1 aliphatic carbocycles. The molecular formula is C17H12N2O5. The number of hydrogen-bond donors (Lipinski definition) is 0. The Morgan fingerprint density at radius 3 is 2.29 bits per heavy atom. The van der Waals surface area contributed by atoms with Crippen LogP contribution in [0, 0.1) is 0 Å². The summed E-state index contributed by atoms with van der Waals surface area (Å²) >= 11 is 0. The molecule has 0 saturated carbocycles. The van der Waals surface area contributed by atoms with Crippen LogP contribution in [0.15, 0.2) is 42.2 Å². The summed E-state index contributed by atoms with van der Waals surface area (Å²) in [6, 6.07) is 8.75. The first-order valence-corrected chi connectivity index (χ1v) is 6.97. The molecule has 0 N–H and O–H groups in total. The van der Waals surface area contributed by atoms with Gasteiger partial charge < -0.3 is 9.47 Å². The van der Waals surface area contributed by atoms with E-state index in [2.05, 4.69) is 9.97 Å². The van der Waals surface area contributed by atoms with E-state index in [1.54, 1.807) is 30.3 Å². The first-order chi connectivity index (χ1) is 11.6.